The number of aromatic amines is 1. The molecule has 3 aromatic rings. The van der Waals surface area contributed by atoms with Crippen molar-refractivity contribution >= 4 is 16.9 Å². The van der Waals surface area contributed by atoms with Crippen LogP contribution in [0.3, 0.4) is 0 Å². The molecule has 0 saturated carbocycles. The van der Waals surface area contributed by atoms with Crippen molar-refractivity contribution in [2.45, 2.75) is 24.9 Å². The second kappa shape index (κ2) is 6.92. The summed E-state index contributed by atoms with van der Waals surface area (Å²) in [5.74, 6) is -0.573. The Balaban J connectivity index is 1.47. The van der Waals surface area contributed by atoms with Crippen LogP contribution in [0.5, 0.6) is 0 Å². The average Bonchev–Trinajstić information content (AvgIpc) is 3.10. The molecule has 3 heterocycles. The molecule has 1 aliphatic heterocycles. The van der Waals surface area contributed by atoms with Gasteiger partial charge in [0.25, 0.3) is 5.91 Å². The number of fused-ring (bicyclic) bond motifs is 1. The number of hydrogen-bond donors (Lipinski definition) is 1. The lowest BCUT2D eigenvalue weighted by molar-refractivity contribution is -0.140. The van der Waals surface area contributed by atoms with Gasteiger partial charge in [0.15, 0.2) is 0 Å². The van der Waals surface area contributed by atoms with Gasteiger partial charge in [0.05, 0.1) is 11.0 Å². The molecule has 1 N–H and O–H groups in total. The fourth-order valence-corrected chi connectivity index (χ4v) is 3.60. The van der Waals surface area contributed by atoms with E-state index >= 15 is 0 Å². The van der Waals surface area contributed by atoms with Crippen molar-refractivity contribution in [3.05, 3.63) is 65.2 Å². The molecular formula is C20H17F4N3O. The Hall–Kier alpha value is -2.90. The van der Waals surface area contributed by atoms with Crippen LogP contribution in [0, 0.1) is 5.82 Å². The number of carbonyl (C=O) groups excluding carboxylic acids is 1. The van der Waals surface area contributed by atoms with Gasteiger partial charge in [-0.15, -0.1) is 0 Å². The highest BCUT2D eigenvalue weighted by molar-refractivity contribution is 5.94. The van der Waals surface area contributed by atoms with Crippen molar-refractivity contribution in [1.82, 2.24) is 14.9 Å². The maximum absolute atomic E-state index is 13.3. The lowest BCUT2D eigenvalue weighted by Crippen LogP contribution is -2.38. The number of hydrogen-bond acceptors (Lipinski definition) is 2. The van der Waals surface area contributed by atoms with Crippen LogP contribution in [0.15, 0.2) is 42.5 Å². The number of benzene rings is 1. The summed E-state index contributed by atoms with van der Waals surface area (Å²) in [6.07, 6.45) is -3.14. The van der Waals surface area contributed by atoms with Gasteiger partial charge in [-0.3, -0.25) is 4.79 Å². The number of likely N-dealkylation sites (tertiary alicyclic amines) is 1. The van der Waals surface area contributed by atoms with Gasteiger partial charge in [0.2, 0.25) is 0 Å². The van der Waals surface area contributed by atoms with E-state index in [-0.39, 0.29) is 17.3 Å². The molecule has 1 saturated heterocycles. The van der Waals surface area contributed by atoms with Crippen LogP contribution >= 0.6 is 0 Å². The van der Waals surface area contributed by atoms with Crippen LogP contribution in [-0.4, -0.2) is 33.9 Å². The first-order chi connectivity index (χ1) is 13.3. The summed E-state index contributed by atoms with van der Waals surface area (Å²) in [7, 11) is 0. The predicted molar refractivity (Wildman–Crippen MR) is 95.4 cm³/mol. The molecule has 0 aliphatic carbocycles. The fourth-order valence-electron chi connectivity index (χ4n) is 3.60. The van der Waals surface area contributed by atoms with Crippen LogP contribution < -0.4 is 0 Å². The number of rotatable bonds is 2. The molecule has 28 heavy (non-hydrogen) atoms. The van der Waals surface area contributed by atoms with Gasteiger partial charge in [0, 0.05) is 30.3 Å². The SMILES string of the molecule is O=C(c1cccc(F)c1)N1CCC(c2cc3nc(C(F)(F)F)ccc3[nH]2)CC1. The summed E-state index contributed by atoms with van der Waals surface area (Å²) in [6.45, 7) is 0.993. The van der Waals surface area contributed by atoms with Crippen LogP contribution in [0.2, 0.25) is 0 Å². The average molecular weight is 391 g/mol. The van der Waals surface area contributed by atoms with E-state index in [4.69, 9.17) is 0 Å². The van der Waals surface area contributed by atoms with Crippen molar-refractivity contribution in [3.63, 3.8) is 0 Å². The Morgan fingerprint density at radius 3 is 2.54 bits per heavy atom. The van der Waals surface area contributed by atoms with E-state index in [0.29, 0.717) is 37.0 Å². The maximum atomic E-state index is 13.3. The smallest absolute Gasteiger partial charge is 0.357 e. The van der Waals surface area contributed by atoms with E-state index in [0.717, 1.165) is 11.8 Å². The summed E-state index contributed by atoms with van der Waals surface area (Å²) < 4.78 is 51.8. The monoisotopic (exact) mass is 391 g/mol. The standard InChI is InChI=1S/C20H17F4N3O/c21-14-3-1-2-13(10-14)19(28)27-8-6-12(7-9-27)16-11-17-15(25-16)4-5-18(26-17)20(22,23)24/h1-5,10-12,25H,6-9H2. The van der Waals surface area contributed by atoms with Crippen LogP contribution in [0.1, 0.15) is 40.5 Å². The molecule has 0 spiro atoms. The molecular weight excluding hydrogens is 374 g/mol. The first-order valence-corrected chi connectivity index (χ1v) is 8.93. The van der Waals surface area contributed by atoms with Crippen molar-refractivity contribution < 1.29 is 22.4 Å². The quantitative estimate of drug-likeness (QED) is 0.642. The molecule has 0 atom stereocenters. The maximum Gasteiger partial charge on any atom is 0.433 e. The van der Waals surface area contributed by atoms with E-state index in [9.17, 15) is 22.4 Å². The van der Waals surface area contributed by atoms with Crippen LogP contribution in [-0.2, 0) is 6.18 Å². The van der Waals surface area contributed by atoms with Gasteiger partial charge >= 0.3 is 6.18 Å². The molecule has 4 rings (SSSR count). The highest BCUT2D eigenvalue weighted by atomic mass is 19.4. The molecule has 2 aromatic heterocycles. The number of carbonyl (C=O) groups is 1. The van der Waals surface area contributed by atoms with Gasteiger partial charge in [-0.05, 0) is 49.2 Å². The number of piperidine rings is 1. The summed E-state index contributed by atoms with van der Waals surface area (Å²) in [6, 6.07) is 9.59. The van der Waals surface area contributed by atoms with Crippen molar-refractivity contribution in [2.75, 3.05) is 13.1 Å². The third-order valence-electron chi connectivity index (χ3n) is 5.08. The summed E-state index contributed by atoms with van der Waals surface area (Å²) in [4.78, 5) is 21.0. The van der Waals surface area contributed by atoms with Gasteiger partial charge in [-0.25, -0.2) is 9.37 Å². The van der Waals surface area contributed by atoms with E-state index in [1.807, 2.05) is 0 Å². The first kappa shape index (κ1) is 18.5. The molecule has 4 nitrogen and oxygen atoms in total. The van der Waals surface area contributed by atoms with Gasteiger partial charge < -0.3 is 9.88 Å². The lowest BCUT2D eigenvalue weighted by Gasteiger charge is -2.31. The minimum atomic E-state index is -4.48. The number of amides is 1. The van der Waals surface area contributed by atoms with Crippen LogP contribution in [0.4, 0.5) is 17.6 Å². The Kier molecular flexibility index (Phi) is 4.56. The minimum absolute atomic E-state index is 0.0973. The highest BCUT2D eigenvalue weighted by Crippen LogP contribution is 2.32. The molecule has 1 amide bonds. The zero-order valence-electron chi connectivity index (χ0n) is 14.8. The minimum Gasteiger partial charge on any atom is -0.357 e. The number of aromatic nitrogens is 2. The zero-order chi connectivity index (χ0) is 19.9. The molecule has 1 fully saturated rings. The fraction of sp³-hybridized carbons (Fsp3) is 0.300. The molecule has 1 aromatic carbocycles. The third-order valence-corrected chi connectivity index (χ3v) is 5.08. The van der Waals surface area contributed by atoms with E-state index in [1.165, 1.54) is 24.3 Å². The second-order valence-corrected chi connectivity index (χ2v) is 6.93. The van der Waals surface area contributed by atoms with Crippen molar-refractivity contribution in [2.24, 2.45) is 0 Å². The third kappa shape index (κ3) is 3.58. The van der Waals surface area contributed by atoms with E-state index in [1.54, 1.807) is 17.0 Å². The summed E-state index contributed by atoms with van der Waals surface area (Å²) >= 11 is 0. The Bertz CT molecular complexity index is 1020. The topological polar surface area (TPSA) is 49.0 Å². The van der Waals surface area contributed by atoms with Gasteiger partial charge in [0.1, 0.15) is 11.5 Å². The first-order valence-electron chi connectivity index (χ1n) is 8.93. The normalized spacial score (nSPS) is 15.9. The molecule has 1 aliphatic rings. The van der Waals surface area contributed by atoms with E-state index in [2.05, 4.69) is 9.97 Å². The predicted octanol–water partition coefficient (Wildman–Crippen LogP) is 4.74. The highest BCUT2D eigenvalue weighted by Gasteiger charge is 2.33. The number of H-pyrrole nitrogens is 1. The van der Waals surface area contributed by atoms with Gasteiger partial charge in [-0.1, -0.05) is 6.07 Å². The zero-order valence-corrected chi connectivity index (χ0v) is 14.8. The molecule has 0 radical (unpaired) electrons. The summed E-state index contributed by atoms with van der Waals surface area (Å²) in [5.41, 5.74) is 1.05. The van der Waals surface area contributed by atoms with Crippen molar-refractivity contribution in [1.29, 1.82) is 0 Å². The van der Waals surface area contributed by atoms with Gasteiger partial charge in [-0.2, -0.15) is 13.2 Å². The number of nitrogens with one attached hydrogen (secondary N) is 1. The molecule has 8 heteroatoms. The second-order valence-electron chi connectivity index (χ2n) is 6.93. The number of alkyl halides is 3. The lowest BCUT2D eigenvalue weighted by atomic mass is 9.93. The Labute approximate surface area is 158 Å². The molecule has 0 unspecified atom stereocenters. The Morgan fingerprint density at radius 2 is 1.86 bits per heavy atom. The van der Waals surface area contributed by atoms with Crippen molar-refractivity contribution in [3.8, 4) is 0 Å². The number of halogens is 4. The van der Waals surface area contributed by atoms with Crippen LogP contribution in [0.25, 0.3) is 11.0 Å². The van der Waals surface area contributed by atoms with E-state index < -0.39 is 17.7 Å². The molecule has 0 bridgehead atoms. The Morgan fingerprint density at radius 1 is 1.11 bits per heavy atom. The number of nitrogens with zero attached hydrogens (tertiary/aromatic N) is 2. The molecule has 146 valence electrons. The summed E-state index contributed by atoms with van der Waals surface area (Å²) in [5, 5.41) is 0. The number of pyridine rings is 1. The largest absolute Gasteiger partial charge is 0.433 e.